The second kappa shape index (κ2) is 11.2. The maximum absolute atomic E-state index is 8.89. The van der Waals surface area contributed by atoms with Gasteiger partial charge >= 0.3 is 0 Å². The van der Waals surface area contributed by atoms with Crippen LogP contribution in [0.5, 0.6) is 0 Å². The fourth-order valence-corrected chi connectivity index (χ4v) is 0.770. The predicted molar refractivity (Wildman–Crippen MR) is 68.9 cm³/mol. The van der Waals surface area contributed by atoms with Gasteiger partial charge in [0.15, 0.2) is 0 Å². The van der Waals surface area contributed by atoms with Gasteiger partial charge in [-0.15, -0.1) is 0 Å². The van der Waals surface area contributed by atoms with Crippen molar-refractivity contribution in [2.24, 2.45) is 0 Å². The van der Waals surface area contributed by atoms with Crippen LogP contribution < -0.4 is 0 Å². The van der Waals surface area contributed by atoms with E-state index in [9.17, 15) is 0 Å². The Morgan fingerprint density at radius 3 is 0.625 bits per heavy atom. The molecule has 2 aromatic carbocycles. The molecule has 0 aliphatic rings. The van der Waals surface area contributed by atoms with Gasteiger partial charge in [-0.2, -0.15) is 8.42 Å². The van der Waals surface area contributed by atoms with Gasteiger partial charge in [-0.25, -0.2) is 0 Å². The lowest BCUT2D eigenvalue weighted by Gasteiger charge is -1.69. The topological polar surface area (TPSA) is 34.1 Å². The van der Waals surface area contributed by atoms with E-state index in [4.69, 9.17) is 8.42 Å². The van der Waals surface area contributed by atoms with Crippen LogP contribution in [0, 0.1) is 0 Å². The molecule has 0 fully saturated rings. The third-order valence-corrected chi connectivity index (χ3v) is 1.33. The molecule has 0 unspecified atom stereocenters. The molecule has 0 N–H and O–H groups in total. The molecule has 0 radical (unpaired) electrons. The van der Waals surface area contributed by atoms with Gasteiger partial charge in [-0.1, -0.05) is 72.8 Å². The van der Waals surface area contributed by atoms with Crippen molar-refractivity contribution in [1.82, 2.24) is 0 Å². The molecule has 0 bridgehead atoms. The number of benzene rings is 2. The minimum atomic E-state index is -2.11. The second-order valence-corrected chi connectivity index (χ2v) is 3.22. The first-order valence-electron chi connectivity index (χ1n) is 4.62. The number of rotatable bonds is 0. The highest BCUT2D eigenvalue weighted by Crippen LogP contribution is 1.80. The molecule has 0 aromatic heterocycles. The zero-order valence-corrected chi connectivity index (χ0v) is 9.68. The average Bonchev–Trinajstić information content (AvgIpc) is 2.34. The predicted octanol–water partition coefficient (Wildman–Crippen LogP) is 2.67. The SMILES string of the molecule is C=S(=O)=O.c1ccccc1.c1ccccc1. The highest BCUT2D eigenvalue weighted by molar-refractivity contribution is 7.70. The Morgan fingerprint density at radius 1 is 0.500 bits per heavy atom. The van der Waals surface area contributed by atoms with E-state index < -0.39 is 10.3 Å². The van der Waals surface area contributed by atoms with Crippen LogP contribution in [-0.2, 0) is 10.3 Å². The average molecular weight is 234 g/mol. The molecule has 0 amide bonds. The zero-order valence-electron chi connectivity index (χ0n) is 8.86. The Bertz CT molecular complexity index is 343. The molecule has 0 heterocycles. The van der Waals surface area contributed by atoms with Crippen LogP contribution in [0.3, 0.4) is 0 Å². The summed E-state index contributed by atoms with van der Waals surface area (Å²) in [6.07, 6.45) is 0. The van der Waals surface area contributed by atoms with Gasteiger partial charge in [-0.3, -0.25) is 0 Å². The number of hydrogen-bond donors (Lipinski definition) is 0. The van der Waals surface area contributed by atoms with Crippen LogP contribution in [-0.4, -0.2) is 14.3 Å². The van der Waals surface area contributed by atoms with E-state index in [0.29, 0.717) is 0 Å². The zero-order chi connectivity index (χ0) is 12.1. The van der Waals surface area contributed by atoms with Crippen LogP contribution >= 0.6 is 0 Å². The molecule has 3 heteroatoms. The lowest BCUT2D eigenvalue weighted by molar-refractivity contribution is 0.627. The van der Waals surface area contributed by atoms with Gasteiger partial charge in [0.25, 0.3) is 0 Å². The molecule has 0 atom stereocenters. The van der Waals surface area contributed by atoms with Crippen molar-refractivity contribution in [3.8, 4) is 0 Å². The van der Waals surface area contributed by atoms with Crippen molar-refractivity contribution < 1.29 is 8.42 Å². The van der Waals surface area contributed by atoms with Gasteiger partial charge in [0.2, 0.25) is 10.3 Å². The summed E-state index contributed by atoms with van der Waals surface area (Å²) in [6.45, 7) is 0. The van der Waals surface area contributed by atoms with Gasteiger partial charge < -0.3 is 0 Å². The normalized spacial score (nSPS) is 7.50. The van der Waals surface area contributed by atoms with Crippen molar-refractivity contribution in [3.05, 3.63) is 72.8 Å². The summed E-state index contributed by atoms with van der Waals surface area (Å²) in [7, 11) is -2.11. The highest BCUT2D eigenvalue weighted by Gasteiger charge is 1.58. The van der Waals surface area contributed by atoms with Gasteiger partial charge in [-0.05, 0) is 0 Å². The third kappa shape index (κ3) is 14.6. The molecule has 2 aromatic rings. The van der Waals surface area contributed by atoms with Gasteiger partial charge in [0.05, 0.1) is 0 Å². The summed E-state index contributed by atoms with van der Waals surface area (Å²) in [6, 6.07) is 24.0. The maximum atomic E-state index is 8.89. The van der Waals surface area contributed by atoms with Crippen LogP contribution in [0.2, 0.25) is 0 Å². The summed E-state index contributed by atoms with van der Waals surface area (Å²) in [4.78, 5) is 0. The standard InChI is InChI=1S/2C6H6.CH2O2S/c2*1-2-4-6-5-3-1;1-4(2)3/h2*1-6H;1H2. The fraction of sp³-hybridized carbons (Fsp3) is 0. The monoisotopic (exact) mass is 234 g/mol. The Hall–Kier alpha value is -1.87. The molecule has 2 rings (SSSR count). The van der Waals surface area contributed by atoms with E-state index in [1.807, 2.05) is 72.8 Å². The molecule has 0 aliphatic heterocycles. The molecular formula is C13H14O2S. The van der Waals surface area contributed by atoms with Crippen LogP contribution in [0.15, 0.2) is 72.8 Å². The highest BCUT2D eigenvalue weighted by atomic mass is 32.2. The Morgan fingerprint density at radius 2 is 0.562 bits per heavy atom. The Balaban J connectivity index is 0.000000217. The Kier molecular flexibility index (Phi) is 9.90. The molecule has 2 nitrogen and oxygen atoms in total. The van der Waals surface area contributed by atoms with E-state index in [0.717, 1.165) is 0 Å². The van der Waals surface area contributed by atoms with Gasteiger partial charge in [0.1, 0.15) is 0 Å². The molecule has 0 saturated heterocycles. The van der Waals surface area contributed by atoms with Crippen LogP contribution in [0.1, 0.15) is 0 Å². The molecule has 84 valence electrons. The quantitative estimate of drug-likeness (QED) is 0.657. The lowest BCUT2D eigenvalue weighted by atomic mass is 10.4. The van der Waals surface area contributed by atoms with Crippen molar-refractivity contribution in [2.45, 2.75) is 0 Å². The summed E-state index contributed by atoms with van der Waals surface area (Å²) >= 11 is 0. The first kappa shape index (κ1) is 14.1. The van der Waals surface area contributed by atoms with E-state index in [1.165, 1.54) is 0 Å². The summed E-state index contributed by atoms with van der Waals surface area (Å²) < 4.78 is 17.8. The third-order valence-electron chi connectivity index (χ3n) is 1.33. The van der Waals surface area contributed by atoms with Crippen LogP contribution in [0.25, 0.3) is 0 Å². The molecule has 0 aliphatic carbocycles. The van der Waals surface area contributed by atoms with Crippen molar-refractivity contribution >= 4 is 16.2 Å². The van der Waals surface area contributed by atoms with Crippen molar-refractivity contribution in [3.63, 3.8) is 0 Å². The molecule has 16 heavy (non-hydrogen) atoms. The summed E-state index contributed by atoms with van der Waals surface area (Å²) in [5, 5.41) is 0. The van der Waals surface area contributed by atoms with E-state index >= 15 is 0 Å². The summed E-state index contributed by atoms with van der Waals surface area (Å²) in [5.41, 5.74) is 0. The summed E-state index contributed by atoms with van der Waals surface area (Å²) in [5.74, 6) is 2.56. The first-order chi connectivity index (χ1) is 7.73. The Labute approximate surface area is 97.7 Å². The van der Waals surface area contributed by atoms with E-state index in [2.05, 4.69) is 5.87 Å². The fourth-order valence-electron chi connectivity index (χ4n) is 0.770. The lowest BCUT2D eigenvalue weighted by Crippen LogP contribution is -1.47. The molecule has 0 saturated carbocycles. The van der Waals surface area contributed by atoms with Crippen LogP contribution in [0.4, 0.5) is 0 Å². The molecule has 0 spiro atoms. The second-order valence-electron chi connectivity index (χ2n) is 2.61. The number of hydrogen-bond acceptors (Lipinski definition) is 2. The van der Waals surface area contributed by atoms with E-state index in [-0.39, 0.29) is 0 Å². The maximum Gasteiger partial charge on any atom is 0.206 e. The van der Waals surface area contributed by atoms with Crippen molar-refractivity contribution in [2.75, 3.05) is 0 Å². The smallest absolute Gasteiger partial charge is 0.185 e. The van der Waals surface area contributed by atoms with Crippen molar-refractivity contribution in [1.29, 1.82) is 0 Å². The van der Waals surface area contributed by atoms with E-state index in [1.54, 1.807) is 0 Å². The first-order valence-corrected chi connectivity index (χ1v) is 5.87. The van der Waals surface area contributed by atoms with Gasteiger partial charge in [0, 0.05) is 5.87 Å². The molecular weight excluding hydrogens is 220 g/mol. The minimum Gasteiger partial charge on any atom is -0.185 e. The largest absolute Gasteiger partial charge is 0.206 e. The minimum absolute atomic E-state index is 2.00.